The highest BCUT2D eigenvalue weighted by Crippen LogP contribution is 2.28. The number of fused-ring (bicyclic) bond motifs is 1. The average molecular weight is 258 g/mol. The van der Waals surface area contributed by atoms with Crippen molar-refractivity contribution in [3.63, 3.8) is 0 Å². The minimum Gasteiger partial charge on any atom is -0.481 e. The van der Waals surface area contributed by atoms with E-state index in [4.69, 9.17) is 14.0 Å². The Morgan fingerprint density at radius 3 is 3.00 bits per heavy atom. The van der Waals surface area contributed by atoms with Crippen molar-refractivity contribution in [3.05, 3.63) is 36.4 Å². The second-order valence-corrected chi connectivity index (χ2v) is 4.06. The maximum Gasteiger partial charge on any atom is 0.303 e. The fourth-order valence-electron chi connectivity index (χ4n) is 1.83. The third-order valence-electron chi connectivity index (χ3n) is 2.73. The Balaban J connectivity index is 1.92. The van der Waals surface area contributed by atoms with E-state index in [2.05, 4.69) is 10.1 Å². The number of carboxylic acid groups (broad SMARTS) is 1. The second-order valence-electron chi connectivity index (χ2n) is 4.06. The van der Waals surface area contributed by atoms with Gasteiger partial charge in [-0.1, -0.05) is 29.4 Å². The third kappa shape index (κ3) is 2.20. The van der Waals surface area contributed by atoms with Crippen molar-refractivity contribution >= 4 is 16.7 Å². The van der Waals surface area contributed by atoms with E-state index >= 15 is 0 Å². The summed E-state index contributed by atoms with van der Waals surface area (Å²) in [5.41, 5.74) is 0. The minimum absolute atomic E-state index is 0.0411. The zero-order valence-electron chi connectivity index (χ0n) is 9.87. The van der Waals surface area contributed by atoms with Crippen LogP contribution in [0.2, 0.25) is 0 Å². The first-order chi connectivity index (χ1) is 9.24. The van der Waals surface area contributed by atoms with E-state index in [1.807, 2.05) is 24.3 Å². The van der Waals surface area contributed by atoms with Gasteiger partial charge in [0.2, 0.25) is 11.7 Å². The van der Waals surface area contributed by atoms with Gasteiger partial charge in [-0.2, -0.15) is 4.98 Å². The molecule has 0 amide bonds. The first-order valence-electron chi connectivity index (χ1n) is 5.75. The monoisotopic (exact) mass is 258 g/mol. The van der Waals surface area contributed by atoms with Gasteiger partial charge in [0, 0.05) is 17.2 Å². The highest BCUT2D eigenvalue weighted by molar-refractivity contribution is 5.92. The van der Waals surface area contributed by atoms with Crippen molar-refractivity contribution in [2.24, 2.45) is 0 Å². The molecule has 0 aliphatic rings. The van der Waals surface area contributed by atoms with Crippen LogP contribution >= 0.6 is 0 Å². The van der Waals surface area contributed by atoms with Crippen molar-refractivity contribution in [3.8, 4) is 11.6 Å². The number of carbonyl (C=O) groups is 1. The summed E-state index contributed by atoms with van der Waals surface area (Å²) in [7, 11) is 0. The molecule has 0 unspecified atom stereocenters. The molecule has 96 valence electrons. The van der Waals surface area contributed by atoms with Crippen LogP contribution in [-0.2, 0) is 11.2 Å². The largest absolute Gasteiger partial charge is 0.481 e. The maximum absolute atomic E-state index is 10.5. The Hall–Kier alpha value is -2.63. The summed E-state index contributed by atoms with van der Waals surface area (Å²) in [5, 5.41) is 14.3. The fraction of sp³-hybridized carbons (Fsp3) is 0.154. The van der Waals surface area contributed by atoms with Crippen molar-refractivity contribution < 1.29 is 18.8 Å². The average Bonchev–Trinajstić information content (AvgIpc) is 3.02. The summed E-state index contributed by atoms with van der Waals surface area (Å²) in [5.74, 6) is 0.253. The standard InChI is InChI=1S/C13H10N2O4/c16-11(17)6-5-10-14-13(15-19-10)12-9-4-2-1-3-8(9)7-18-12/h1-4,7H,5-6H2,(H,16,17). The predicted octanol–water partition coefficient (Wildman–Crippen LogP) is 2.50. The molecule has 0 atom stereocenters. The Labute approximate surface area is 107 Å². The van der Waals surface area contributed by atoms with E-state index < -0.39 is 5.97 Å². The number of aliphatic carboxylic acids is 1. The molecule has 0 fully saturated rings. The first-order valence-corrected chi connectivity index (χ1v) is 5.75. The molecule has 2 aromatic heterocycles. The number of rotatable bonds is 4. The Morgan fingerprint density at radius 2 is 2.16 bits per heavy atom. The Kier molecular flexibility index (Phi) is 2.75. The number of nitrogens with zero attached hydrogens (tertiary/aromatic N) is 2. The lowest BCUT2D eigenvalue weighted by Gasteiger charge is -1.89. The van der Waals surface area contributed by atoms with Gasteiger partial charge in [0.15, 0.2) is 5.76 Å². The zero-order chi connectivity index (χ0) is 13.2. The van der Waals surface area contributed by atoms with Gasteiger partial charge in [-0.25, -0.2) is 0 Å². The summed E-state index contributed by atoms with van der Waals surface area (Å²) in [6.07, 6.45) is 1.79. The van der Waals surface area contributed by atoms with Crippen LogP contribution in [-0.4, -0.2) is 21.2 Å². The maximum atomic E-state index is 10.5. The Morgan fingerprint density at radius 1 is 1.32 bits per heavy atom. The van der Waals surface area contributed by atoms with Gasteiger partial charge in [0.25, 0.3) is 0 Å². The molecule has 0 aliphatic heterocycles. The molecule has 0 spiro atoms. The first kappa shape index (κ1) is 11.5. The van der Waals surface area contributed by atoms with Crippen LogP contribution in [0.4, 0.5) is 0 Å². The van der Waals surface area contributed by atoms with Gasteiger partial charge in [-0.3, -0.25) is 4.79 Å². The second kappa shape index (κ2) is 4.56. The van der Waals surface area contributed by atoms with Crippen molar-refractivity contribution in [1.82, 2.24) is 10.1 Å². The minimum atomic E-state index is -0.900. The van der Waals surface area contributed by atoms with Crippen LogP contribution in [0.15, 0.2) is 39.5 Å². The summed E-state index contributed by atoms with van der Waals surface area (Å²) in [6, 6.07) is 7.64. The van der Waals surface area contributed by atoms with Crippen LogP contribution in [0.25, 0.3) is 22.4 Å². The smallest absolute Gasteiger partial charge is 0.303 e. The van der Waals surface area contributed by atoms with Crippen LogP contribution < -0.4 is 0 Å². The third-order valence-corrected chi connectivity index (χ3v) is 2.73. The molecule has 0 saturated carbocycles. The van der Waals surface area contributed by atoms with E-state index in [0.717, 1.165) is 10.8 Å². The van der Waals surface area contributed by atoms with E-state index in [1.165, 1.54) is 0 Å². The van der Waals surface area contributed by atoms with Crippen molar-refractivity contribution in [2.45, 2.75) is 12.8 Å². The van der Waals surface area contributed by atoms with Crippen LogP contribution in [0.5, 0.6) is 0 Å². The lowest BCUT2D eigenvalue weighted by atomic mass is 10.2. The molecule has 19 heavy (non-hydrogen) atoms. The summed E-state index contributed by atoms with van der Waals surface area (Å²) in [6.45, 7) is 0. The summed E-state index contributed by atoms with van der Waals surface area (Å²) in [4.78, 5) is 14.6. The molecule has 1 aromatic carbocycles. The number of aromatic nitrogens is 2. The lowest BCUT2D eigenvalue weighted by Crippen LogP contribution is -1.97. The topological polar surface area (TPSA) is 89.4 Å². The molecule has 2 heterocycles. The Bertz CT molecular complexity index is 729. The molecule has 0 saturated heterocycles. The number of aryl methyl sites for hydroxylation is 1. The molecular weight excluding hydrogens is 248 g/mol. The number of hydrogen-bond acceptors (Lipinski definition) is 5. The molecule has 1 N–H and O–H groups in total. The van der Waals surface area contributed by atoms with E-state index in [0.29, 0.717) is 11.6 Å². The van der Waals surface area contributed by atoms with Gasteiger partial charge in [0.1, 0.15) is 0 Å². The van der Waals surface area contributed by atoms with E-state index in [1.54, 1.807) is 6.26 Å². The van der Waals surface area contributed by atoms with Gasteiger partial charge in [-0.15, -0.1) is 0 Å². The number of furan rings is 1. The number of carboxylic acids is 1. The highest BCUT2D eigenvalue weighted by Gasteiger charge is 2.15. The van der Waals surface area contributed by atoms with Gasteiger partial charge in [-0.05, 0) is 0 Å². The molecule has 3 rings (SSSR count). The summed E-state index contributed by atoms with van der Waals surface area (Å²) >= 11 is 0. The van der Waals surface area contributed by atoms with E-state index in [-0.39, 0.29) is 18.7 Å². The fourth-order valence-corrected chi connectivity index (χ4v) is 1.83. The lowest BCUT2D eigenvalue weighted by molar-refractivity contribution is -0.137. The van der Waals surface area contributed by atoms with Crippen LogP contribution in [0.1, 0.15) is 12.3 Å². The molecule has 0 radical (unpaired) electrons. The van der Waals surface area contributed by atoms with Crippen molar-refractivity contribution in [2.75, 3.05) is 0 Å². The molecule has 0 aliphatic carbocycles. The summed E-state index contributed by atoms with van der Waals surface area (Å²) < 4.78 is 10.4. The predicted molar refractivity (Wildman–Crippen MR) is 65.5 cm³/mol. The molecule has 6 nitrogen and oxygen atoms in total. The van der Waals surface area contributed by atoms with Crippen LogP contribution in [0, 0.1) is 0 Å². The number of benzene rings is 1. The quantitative estimate of drug-likeness (QED) is 0.773. The van der Waals surface area contributed by atoms with E-state index in [9.17, 15) is 4.79 Å². The van der Waals surface area contributed by atoms with Crippen molar-refractivity contribution in [1.29, 1.82) is 0 Å². The molecular formula is C13H10N2O4. The highest BCUT2D eigenvalue weighted by atomic mass is 16.5. The molecule has 3 aromatic rings. The van der Waals surface area contributed by atoms with Gasteiger partial charge < -0.3 is 14.0 Å². The molecule has 0 bridgehead atoms. The number of hydrogen-bond donors (Lipinski definition) is 1. The van der Waals surface area contributed by atoms with Crippen LogP contribution in [0.3, 0.4) is 0 Å². The van der Waals surface area contributed by atoms with Gasteiger partial charge >= 0.3 is 5.97 Å². The molecule has 6 heteroatoms. The zero-order valence-corrected chi connectivity index (χ0v) is 9.87. The van der Waals surface area contributed by atoms with Gasteiger partial charge in [0.05, 0.1) is 12.7 Å². The SMILES string of the molecule is O=C(O)CCc1nc(-c2occ3ccccc23)no1. The normalized spacial score (nSPS) is 10.9.